The Morgan fingerprint density at radius 2 is 1.65 bits per heavy atom. The minimum absolute atomic E-state index is 0.153. The second kappa shape index (κ2) is 11.9. The van der Waals surface area contributed by atoms with Gasteiger partial charge in [-0.25, -0.2) is 0 Å². The number of benzene rings is 3. The molecule has 0 aliphatic heterocycles. The Morgan fingerprint density at radius 3 is 2.29 bits per heavy atom. The molecule has 0 aliphatic carbocycles. The number of amides is 2. The largest absolute Gasteiger partial charge is 0.494 e. The third kappa shape index (κ3) is 6.61. The van der Waals surface area contributed by atoms with Gasteiger partial charge in [-0.1, -0.05) is 43.7 Å². The van der Waals surface area contributed by atoms with Crippen molar-refractivity contribution in [3.05, 3.63) is 89.5 Å². The topological polar surface area (TPSA) is 70.7 Å². The molecule has 2 amide bonds. The van der Waals surface area contributed by atoms with Gasteiger partial charge in [-0.3, -0.25) is 9.59 Å². The van der Waals surface area contributed by atoms with E-state index in [2.05, 4.69) is 17.6 Å². The van der Waals surface area contributed by atoms with E-state index >= 15 is 0 Å². The molecule has 34 heavy (non-hydrogen) atoms. The SMILES string of the molecule is CCCCOc1ccc(C(=O)Nc2ccc(N(C)C)c(C(=O)NC(C)c3ccccc3)c2)cc1. The number of rotatable bonds is 10. The fraction of sp³-hybridized carbons (Fsp3) is 0.286. The molecule has 0 radical (unpaired) electrons. The van der Waals surface area contributed by atoms with E-state index in [4.69, 9.17) is 4.74 Å². The average Bonchev–Trinajstić information content (AvgIpc) is 2.85. The van der Waals surface area contributed by atoms with Crippen molar-refractivity contribution in [3.8, 4) is 5.75 Å². The number of hydrogen-bond donors (Lipinski definition) is 2. The van der Waals surface area contributed by atoms with E-state index in [9.17, 15) is 9.59 Å². The number of nitrogens with zero attached hydrogens (tertiary/aromatic N) is 1. The molecule has 0 bridgehead atoms. The van der Waals surface area contributed by atoms with Crippen LogP contribution < -0.4 is 20.3 Å². The Morgan fingerprint density at radius 1 is 0.941 bits per heavy atom. The van der Waals surface area contributed by atoms with Crippen LogP contribution in [-0.2, 0) is 0 Å². The lowest BCUT2D eigenvalue weighted by molar-refractivity contribution is 0.0939. The summed E-state index contributed by atoms with van der Waals surface area (Å²) < 4.78 is 5.66. The Kier molecular flexibility index (Phi) is 8.68. The first-order valence-electron chi connectivity index (χ1n) is 11.6. The summed E-state index contributed by atoms with van der Waals surface area (Å²) in [7, 11) is 3.77. The first-order chi connectivity index (χ1) is 16.4. The molecule has 3 aromatic carbocycles. The molecule has 1 atom stereocenters. The maximum atomic E-state index is 13.1. The second-order valence-corrected chi connectivity index (χ2v) is 8.41. The molecule has 0 aliphatic rings. The summed E-state index contributed by atoms with van der Waals surface area (Å²) in [4.78, 5) is 27.8. The molecule has 1 unspecified atom stereocenters. The third-order valence-corrected chi connectivity index (χ3v) is 5.51. The summed E-state index contributed by atoms with van der Waals surface area (Å²) in [6, 6.07) is 22.1. The second-order valence-electron chi connectivity index (χ2n) is 8.41. The molecule has 0 fully saturated rings. The number of unbranched alkanes of at least 4 members (excludes halogenated alkanes) is 1. The van der Waals surface area contributed by atoms with E-state index in [1.807, 2.05) is 62.3 Å². The first-order valence-corrected chi connectivity index (χ1v) is 11.6. The van der Waals surface area contributed by atoms with Crippen molar-refractivity contribution in [3.63, 3.8) is 0 Å². The molecule has 2 N–H and O–H groups in total. The zero-order valence-electron chi connectivity index (χ0n) is 20.3. The van der Waals surface area contributed by atoms with Crippen molar-refractivity contribution in [2.45, 2.75) is 32.7 Å². The van der Waals surface area contributed by atoms with Gasteiger partial charge < -0.3 is 20.3 Å². The fourth-order valence-corrected chi connectivity index (χ4v) is 3.53. The van der Waals surface area contributed by atoms with Crippen molar-refractivity contribution in [2.24, 2.45) is 0 Å². The highest BCUT2D eigenvalue weighted by molar-refractivity contribution is 6.06. The molecule has 0 heterocycles. The van der Waals surface area contributed by atoms with Crippen LogP contribution in [0.3, 0.4) is 0 Å². The van der Waals surface area contributed by atoms with Gasteiger partial charge in [0, 0.05) is 31.0 Å². The van der Waals surface area contributed by atoms with E-state index in [-0.39, 0.29) is 17.9 Å². The normalized spacial score (nSPS) is 11.4. The van der Waals surface area contributed by atoms with E-state index in [1.54, 1.807) is 36.4 Å². The number of ether oxygens (including phenoxy) is 1. The van der Waals surface area contributed by atoms with E-state index in [0.717, 1.165) is 29.8 Å². The number of anilines is 2. The van der Waals surface area contributed by atoms with E-state index in [0.29, 0.717) is 23.4 Å². The summed E-state index contributed by atoms with van der Waals surface area (Å²) in [5, 5.41) is 5.95. The van der Waals surface area contributed by atoms with Crippen molar-refractivity contribution >= 4 is 23.2 Å². The van der Waals surface area contributed by atoms with Gasteiger partial charge >= 0.3 is 0 Å². The highest BCUT2D eigenvalue weighted by Crippen LogP contribution is 2.25. The third-order valence-electron chi connectivity index (χ3n) is 5.51. The standard InChI is InChI=1S/C28H33N3O3/c1-5-6-18-34-24-15-12-22(13-16-24)27(32)30-23-14-17-26(31(3)4)25(19-23)28(33)29-20(2)21-10-8-7-9-11-21/h7-17,19-20H,5-6,18H2,1-4H3,(H,29,33)(H,30,32). The molecule has 178 valence electrons. The van der Waals surface area contributed by atoms with Gasteiger partial charge in [0.1, 0.15) is 5.75 Å². The Balaban J connectivity index is 1.73. The summed E-state index contributed by atoms with van der Waals surface area (Å²) in [5.41, 5.74) is 3.35. The van der Waals surface area contributed by atoms with Crippen LogP contribution in [0.25, 0.3) is 0 Å². The van der Waals surface area contributed by atoms with E-state index < -0.39 is 0 Å². The summed E-state index contributed by atoms with van der Waals surface area (Å²) >= 11 is 0. The van der Waals surface area contributed by atoms with E-state index in [1.165, 1.54) is 0 Å². The predicted octanol–water partition coefficient (Wildman–Crippen LogP) is 5.67. The molecular weight excluding hydrogens is 426 g/mol. The van der Waals surface area contributed by atoms with Crippen molar-refractivity contribution < 1.29 is 14.3 Å². The van der Waals surface area contributed by atoms with Crippen LogP contribution in [0, 0.1) is 0 Å². The van der Waals surface area contributed by atoms with Gasteiger partial charge in [0.25, 0.3) is 11.8 Å². The van der Waals surface area contributed by atoms with Crippen LogP contribution in [0.4, 0.5) is 11.4 Å². The van der Waals surface area contributed by atoms with Crippen LogP contribution >= 0.6 is 0 Å². The van der Waals surface area contributed by atoms with Crippen molar-refractivity contribution in [2.75, 3.05) is 30.9 Å². The van der Waals surface area contributed by atoms with Gasteiger partial charge in [-0.2, -0.15) is 0 Å². The van der Waals surface area contributed by atoms with Crippen molar-refractivity contribution in [1.29, 1.82) is 0 Å². The quantitative estimate of drug-likeness (QED) is 0.383. The Bertz CT molecular complexity index is 1100. The lowest BCUT2D eigenvalue weighted by Crippen LogP contribution is -2.28. The number of carbonyl (C=O) groups is 2. The zero-order valence-corrected chi connectivity index (χ0v) is 20.3. The monoisotopic (exact) mass is 459 g/mol. The molecule has 3 aromatic rings. The molecule has 0 aromatic heterocycles. The lowest BCUT2D eigenvalue weighted by Gasteiger charge is -2.20. The number of hydrogen-bond acceptors (Lipinski definition) is 4. The molecule has 6 nitrogen and oxygen atoms in total. The molecule has 3 rings (SSSR count). The fourth-order valence-electron chi connectivity index (χ4n) is 3.53. The average molecular weight is 460 g/mol. The molecule has 0 spiro atoms. The summed E-state index contributed by atoms with van der Waals surface area (Å²) in [6.07, 6.45) is 2.06. The van der Waals surface area contributed by atoms with Gasteiger partial charge in [-0.15, -0.1) is 0 Å². The number of carbonyl (C=O) groups excluding carboxylic acids is 2. The molecule has 0 saturated heterocycles. The zero-order chi connectivity index (χ0) is 24.5. The highest BCUT2D eigenvalue weighted by atomic mass is 16.5. The molecular formula is C28H33N3O3. The summed E-state index contributed by atoms with van der Waals surface area (Å²) in [5.74, 6) is 0.290. The maximum absolute atomic E-state index is 13.1. The van der Waals surface area contributed by atoms with Gasteiger partial charge in [0.15, 0.2) is 0 Å². The van der Waals surface area contributed by atoms with Crippen LogP contribution in [0.15, 0.2) is 72.8 Å². The minimum Gasteiger partial charge on any atom is -0.494 e. The van der Waals surface area contributed by atoms with Crippen LogP contribution in [0.2, 0.25) is 0 Å². The smallest absolute Gasteiger partial charge is 0.255 e. The Hall–Kier alpha value is -3.80. The van der Waals surface area contributed by atoms with Crippen molar-refractivity contribution in [1.82, 2.24) is 5.32 Å². The van der Waals surface area contributed by atoms with Gasteiger partial charge in [-0.05, 0) is 61.4 Å². The van der Waals surface area contributed by atoms with Crippen LogP contribution in [0.1, 0.15) is 59.0 Å². The van der Waals surface area contributed by atoms with Crippen LogP contribution in [0.5, 0.6) is 5.75 Å². The number of nitrogens with one attached hydrogen (secondary N) is 2. The Labute approximate surface area is 201 Å². The lowest BCUT2D eigenvalue weighted by atomic mass is 10.1. The summed E-state index contributed by atoms with van der Waals surface area (Å²) in [6.45, 7) is 4.72. The van der Waals surface area contributed by atoms with Gasteiger partial charge in [0.2, 0.25) is 0 Å². The maximum Gasteiger partial charge on any atom is 0.255 e. The first kappa shape index (κ1) is 24.8. The predicted molar refractivity (Wildman–Crippen MR) is 138 cm³/mol. The van der Waals surface area contributed by atoms with Gasteiger partial charge in [0.05, 0.1) is 18.2 Å². The minimum atomic E-state index is -0.248. The molecule has 0 saturated carbocycles. The highest BCUT2D eigenvalue weighted by Gasteiger charge is 2.18. The molecule has 6 heteroatoms. The van der Waals surface area contributed by atoms with Crippen LogP contribution in [-0.4, -0.2) is 32.5 Å².